The van der Waals surface area contributed by atoms with E-state index < -0.39 is 38.3 Å². The number of aliphatic hydroxyl groups is 3. The third kappa shape index (κ3) is 14.2. The number of amides is 2. The highest BCUT2D eigenvalue weighted by Gasteiger charge is 2.25. The van der Waals surface area contributed by atoms with Crippen molar-refractivity contribution in [2.45, 2.75) is 26.7 Å². The summed E-state index contributed by atoms with van der Waals surface area (Å²) >= 11 is 27.7. The van der Waals surface area contributed by atoms with Gasteiger partial charge in [0.05, 0.1) is 58.7 Å². The first-order chi connectivity index (χ1) is 38.7. The Balaban J connectivity index is 0.000000157. The average molecular weight is 1200 g/mol. The molecule has 2 amide bonds. The molecule has 25 nitrogen and oxygen atoms in total. The van der Waals surface area contributed by atoms with Gasteiger partial charge in [-0.2, -0.15) is 0 Å². The van der Waals surface area contributed by atoms with E-state index in [1.807, 2.05) is 49.4 Å². The van der Waals surface area contributed by atoms with Gasteiger partial charge in [0.2, 0.25) is 5.95 Å². The van der Waals surface area contributed by atoms with Crippen LogP contribution in [0.2, 0.25) is 15.1 Å². The zero-order chi connectivity index (χ0) is 58.7. The fourth-order valence-corrected chi connectivity index (χ4v) is 8.16. The molecule has 81 heavy (non-hydrogen) atoms. The highest BCUT2D eigenvalue weighted by atomic mass is 35.5. The minimum absolute atomic E-state index is 0.0319. The summed E-state index contributed by atoms with van der Waals surface area (Å²) in [6.45, 7) is 1.28. The predicted octanol–water partition coefficient (Wildman–Crippen LogP) is 7.86. The van der Waals surface area contributed by atoms with Crippen LogP contribution in [0.5, 0.6) is 0 Å². The second kappa shape index (κ2) is 26.6. The van der Waals surface area contributed by atoms with Gasteiger partial charge in [-0.05, 0) is 90.8 Å². The van der Waals surface area contributed by atoms with Gasteiger partial charge in [0.15, 0.2) is 17.1 Å². The van der Waals surface area contributed by atoms with Crippen LogP contribution in [-0.2, 0) is 19.8 Å². The van der Waals surface area contributed by atoms with E-state index in [0.29, 0.717) is 43.1 Å². The molecule has 5 aromatic carbocycles. The number of aryl methyl sites for hydroxylation is 1. The number of nitrogens with two attached hydrogens (primary N) is 1. The molecule has 30 heteroatoms. The fraction of sp³-hybridized carbons (Fsp3) is 0.0784. The minimum atomic E-state index is -0.975. The molecule has 414 valence electrons. The quantitative estimate of drug-likeness (QED) is 0.0272. The van der Waals surface area contributed by atoms with Gasteiger partial charge in [0.1, 0.15) is 35.2 Å². The highest BCUT2D eigenvalue weighted by molar-refractivity contribution is 6.68. The second-order valence-electron chi connectivity index (χ2n) is 16.4. The van der Waals surface area contributed by atoms with Crippen LogP contribution in [0.1, 0.15) is 64.5 Å². The first-order valence-electron chi connectivity index (χ1n) is 23.0. The topological polar surface area (TPSA) is 377 Å². The lowest BCUT2D eigenvalue weighted by atomic mass is 10.2. The van der Waals surface area contributed by atoms with E-state index in [1.54, 1.807) is 36.4 Å². The van der Waals surface area contributed by atoms with Gasteiger partial charge in [-0.3, -0.25) is 53.0 Å². The Labute approximate surface area is 478 Å². The molecule has 0 aliphatic carbocycles. The number of hydrogen-bond acceptors (Lipinski definition) is 17. The molecule has 0 fully saturated rings. The number of H-pyrrole nitrogens is 3. The van der Waals surface area contributed by atoms with Gasteiger partial charge in [-0.25, -0.2) is 24.9 Å². The molecule has 10 N–H and O–H groups in total. The summed E-state index contributed by atoms with van der Waals surface area (Å²) in [5, 5.41) is 41.7. The summed E-state index contributed by atoms with van der Waals surface area (Å²) in [5.41, 5.74) is 8.38. The number of carbonyl (C=O) groups excluding carboxylic acids is 4. The highest BCUT2D eigenvalue weighted by Crippen LogP contribution is 2.25. The number of aromatic nitrogens is 10. The van der Waals surface area contributed by atoms with E-state index in [-0.39, 0.29) is 70.8 Å². The third-order valence-corrected chi connectivity index (χ3v) is 12.2. The Morgan fingerprint density at radius 1 is 0.642 bits per heavy atom. The number of aliphatic hydroxyl groups excluding tert-OH is 3. The summed E-state index contributed by atoms with van der Waals surface area (Å²) in [4.78, 5) is 110. The molecule has 0 spiro atoms. The maximum Gasteiger partial charge on any atom is 0.283 e. The summed E-state index contributed by atoms with van der Waals surface area (Å²) in [6.07, 6.45) is 3.20. The van der Waals surface area contributed by atoms with Crippen LogP contribution in [0, 0.1) is 17.0 Å². The number of nitro benzene ring substituents is 1. The number of para-hydroxylation sites is 4. The van der Waals surface area contributed by atoms with Gasteiger partial charge in [-0.1, -0.05) is 71.2 Å². The van der Waals surface area contributed by atoms with E-state index in [2.05, 4.69) is 50.5 Å². The van der Waals surface area contributed by atoms with Gasteiger partial charge < -0.3 is 41.3 Å². The number of nitro groups is 1. The lowest BCUT2D eigenvalue weighted by Crippen LogP contribution is -2.26. The van der Waals surface area contributed by atoms with E-state index in [4.69, 9.17) is 74.0 Å². The van der Waals surface area contributed by atoms with E-state index >= 15 is 0 Å². The molecule has 0 saturated carbocycles. The molecule has 0 radical (unpaired) electrons. The molecule has 11 aromatic rings. The van der Waals surface area contributed by atoms with Gasteiger partial charge in [0, 0.05) is 43.6 Å². The molecule has 0 unspecified atom stereocenters. The molecule has 11 rings (SSSR count). The molecule has 0 aliphatic heterocycles. The number of halogens is 5. The summed E-state index contributed by atoms with van der Waals surface area (Å²) in [6, 6.07) is 29.2. The summed E-state index contributed by atoms with van der Waals surface area (Å²) < 4.78 is 1.66. The van der Waals surface area contributed by atoms with Crippen molar-refractivity contribution < 1.29 is 39.4 Å². The van der Waals surface area contributed by atoms with Gasteiger partial charge >= 0.3 is 0 Å². The Bertz CT molecular complexity index is 4130. The monoisotopic (exact) mass is 1200 g/mol. The van der Waals surface area contributed by atoms with Gasteiger partial charge in [0.25, 0.3) is 39.1 Å². The zero-order valence-corrected chi connectivity index (χ0v) is 45.1. The van der Waals surface area contributed by atoms with Crippen LogP contribution in [0.4, 0.5) is 23.0 Å². The Morgan fingerprint density at radius 2 is 1.15 bits per heavy atom. The number of rotatable bonds is 10. The van der Waals surface area contributed by atoms with Crippen molar-refractivity contribution in [3.63, 3.8) is 0 Å². The van der Waals surface area contributed by atoms with Crippen molar-refractivity contribution in [1.82, 2.24) is 48.7 Å². The molecule has 0 atom stereocenters. The summed E-state index contributed by atoms with van der Waals surface area (Å²) in [5.74, 6) is 0.00826. The van der Waals surface area contributed by atoms with Crippen LogP contribution < -0.4 is 27.5 Å². The van der Waals surface area contributed by atoms with Gasteiger partial charge in [-0.15, -0.1) is 0 Å². The average Bonchev–Trinajstić information content (AvgIpc) is 3.34. The third-order valence-electron chi connectivity index (χ3n) is 11.1. The SMILES string of the molecule is Cc1nc2ccccc2[nH]1.Nc1cc(Cl)ccc1CO.O=C(Cl)c1ncn2c(=O)c3c(C(=O)Cl)ncn3c(=O)c12.O=C(Nc1cc(Cl)ccc1CO)c1nc[nH]c1C(=O)Nc1nc2ccccc2[nH]1.O=[N+]([O-])c1cc(Cl)ccc1CO. The van der Waals surface area contributed by atoms with Crippen molar-refractivity contribution >= 4 is 136 Å². The smallest absolute Gasteiger partial charge is 0.283 e. The summed E-state index contributed by atoms with van der Waals surface area (Å²) in [7, 11) is 0. The predicted molar refractivity (Wildman–Crippen MR) is 303 cm³/mol. The maximum atomic E-state index is 12.7. The maximum absolute atomic E-state index is 12.7. The molecule has 6 heterocycles. The lowest BCUT2D eigenvalue weighted by Gasteiger charge is -2.10. The van der Waals surface area contributed by atoms with Crippen LogP contribution in [0.3, 0.4) is 0 Å². The molecule has 6 aromatic heterocycles. The van der Waals surface area contributed by atoms with Crippen molar-refractivity contribution in [3.8, 4) is 0 Å². The number of nitrogens with one attached hydrogen (secondary N) is 5. The number of imidazole rings is 5. The van der Waals surface area contributed by atoms with Crippen molar-refractivity contribution in [3.05, 3.63) is 213 Å². The number of anilines is 3. The molecule has 0 bridgehead atoms. The minimum Gasteiger partial charge on any atom is -0.398 e. The number of aromatic amines is 3. The van der Waals surface area contributed by atoms with Crippen molar-refractivity contribution in [2.75, 3.05) is 16.4 Å². The van der Waals surface area contributed by atoms with Crippen LogP contribution in [0.25, 0.3) is 33.1 Å². The lowest BCUT2D eigenvalue weighted by molar-refractivity contribution is -0.385. The Morgan fingerprint density at radius 3 is 1.67 bits per heavy atom. The van der Waals surface area contributed by atoms with Crippen LogP contribution >= 0.6 is 58.0 Å². The first-order valence-corrected chi connectivity index (χ1v) is 24.9. The normalized spacial score (nSPS) is 10.6. The number of hydrogen-bond donors (Lipinski definition) is 9. The number of carbonyl (C=O) groups is 4. The van der Waals surface area contributed by atoms with Crippen molar-refractivity contribution in [1.29, 1.82) is 0 Å². The number of benzene rings is 5. The Hall–Kier alpha value is -9.18. The molecule has 0 aliphatic rings. The van der Waals surface area contributed by atoms with E-state index in [0.717, 1.165) is 43.8 Å². The number of nitrogen functional groups attached to an aromatic ring is 1. The van der Waals surface area contributed by atoms with Crippen molar-refractivity contribution in [2.24, 2.45) is 0 Å². The van der Waals surface area contributed by atoms with Crippen LogP contribution in [-0.4, -0.2) is 91.2 Å². The largest absolute Gasteiger partial charge is 0.398 e. The fourth-order valence-electron chi connectivity index (χ4n) is 7.37. The number of nitrogens with zero attached hydrogens (tertiary/aromatic N) is 8. The molecular weight excluding hydrogens is 1160 g/mol. The van der Waals surface area contributed by atoms with E-state index in [1.165, 1.54) is 30.6 Å². The number of fused-ring (bicyclic) bond motifs is 4. The Kier molecular flexibility index (Phi) is 19.6. The zero-order valence-electron chi connectivity index (χ0n) is 41.3. The second-order valence-corrected chi connectivity index (χ2v) is 18.4. The molecular formula is C51H39Cl5N14O11. The van der Waals surface area contributed by atoms with Crippen LogP contribution in [0.15, 0.2) is 132 Å². The molecule has 0 saturated heterocycles. The van der Waals surface area contributed by atoms with E-state index in [9.17, 15) is 44.0 Å². The first kappa shape index (κ1) is 59.5. The standard InChI is InChI=1S/C19H15ClN6O3.C10H2Cl2N4O4.C8H8N2.C7H6ClNO3.C7H8ClNO/c20-11-6-5-10(8-27)14(7-11)23-17(28)15-16(22-9-21-15)18(29)26-19-24-12-3-1-2-4-13(12)25-19;11-7(17)3-5-10(20)16-2-14-4(8(12)18)6(16)9(19)15(5)1-13-3;1-6-9-7-4-2-3-5-8(7)10-6;8-6-2-1-5(4-10)7(3-6)9(11)12;8-6-2-1-5(4-10)7(9)3-6/h1-7,9,27H,8H2,(H,21,22)(H,23,28)(H2,24,25,26,29);1-2H;2-5H,1H3,(H,9,10);1-3,10H,4H2;1-3,10H,4,9H2.